The predicted molar refractivity (Wildman–Crippen MR) is 107 cm³/mol. The summed E-state index contributed by atoms with van der Waals surface area (Å²) >= 11 is 0. The van der Waals surface area contributed by atoms with Crippen LogP contribution in [0.15, 0.2) is 54.6 Å². The van der Waals surface area contributed by atoms with Gasteiger partial charge in [0.1, 0.15) is 31.3 Å². The molecule has 8 nitrogen and oxygen atoms in total. The Morgan fingerprint density at radius 1 is 1.10 bits per heavy atom. The third-order valence-corrected chi connectivity index (χ3v) is 4.38. The number of rotatable bonds is 10. The van der Waals surface area contributed by atoms with E-state index in [-0.39, 0.29) is 38.8 Å². The quantitative estimate of drug-likeness (QED) is 0.564. The molecule has 3 rings (SSSR count). The highest BCUT2D eigenvalue weighted by Gasteiger charge is 2.20. The monoisotopic (exact) mass is 397 g/mol. The number of carbonyl (C=O) groups excluding carboxylic acids is 1. The van der Waals surface area contributed by atoms with Gasteiger partial charge in [0.2, 0.25) is 5.91 Å². The van der Waals surface area contributed by atoms with Gasteiger partial charge in [-0.2, -0.15) is 0 Å². The van der Waals surface area contributed by atoms with E-state index in [1.165, 1.54) is 12.0 Å². The van der Waals surface area contributed by atoms with E-state index in [9.17, 15) is 9.59 Å². The van der Waals surface area contributed by atoms with E-state index >= 15 is 0 Å². The van der Waals surface area contributed by atoms with Crippen molar-refractivity contribution in [2.45, 2.75) is 13.2 Å². The molecule has 0 spiro atoms. The molecule has 1 N–H and O–H groups in total. The lowest BCUT2D eigenvalue weighted by molar-refractivity contribution is -0.145. The molecule has 29 heavy (non-hydrogen) atoms. The Hall–Kier alpha value is -3.39. The van der Waals surface area contributed by atoms with Gasteiger partial charge in [-0.25, -0.2) is 4.98 Å². The first-order valence-electron chi connectivity index (χ1n) is 9.19. The Morgan fingerprint density at radius 2 is 1.83 bits per heavy atom. The lowest BCUT2D eigenvalue weighted by Crippen LogP contribution is -2.40. The second-order valence-corrected chi connectivity index (χ2v) is 6.41. The summed E-state index contributed by atoms with van der Waals surface area (Å²) in [5.74, 6) is -0.110. The van der Waals surface area contributed by atoms with E-state index in [1.807, 2.05) is 54.6 Å². The number of para-hydroxylation sites is 3. The number of benzene rings is 2. The molecule has 0 unspecified atom stereocenters. The van der Waals surface area contributed by atoms with Crippen molar-refractivity contribution >= 4 is 22.9 Å². The topological polar surface area (TPSA) is 93.9 Å². The van der Waals surface area contributed by atoms with Crippen molar-refractivity contribution in [3.63, 3.8) is 0 Å². The van der Waals surface area contributed by atoms with Crippen molar-refractivity contribution in [1.82, 2.24) is 14.5 Å². The highest BCUT2D eigenvalue weighted by Crippen LogP contribution is 2.18. The Kier molecular flexibility index (Phi) is 6.80. The molecular formula is C21H23N3O5. The van der Waals surface area contributed by atoms with Gasteiger partial charge in [0, 0.05) is 13.7 Å². The molecule has 1 amide bonds. The van der Waals surface area contributed by atoms with Gasteiger partial charge < -0.3 is 24.0 Å². The maximum Gasteiger partial charge on any atom is 0.323 e. The minimum atomic E-state index is -1.07. The predicted octanol–water partition coefficient (Wildman–Crippen LogP) is 2.17. The summed E-state index contributed by atoms with van der Waals surface area (Å²) in [6.07, 6.45) is 0. The number of hydrogen-bond acceptors (Lipinski definition) is 5. The first-order valence-corrected chi connectivity index (χ1v) is 9.19. The Balaban J connectivity index is 1.84. The smallest absolute Gasteiger partial charge is 0.323 e. The number of nitrogens with zero attached hydrogens (tertiary/aromatic N) is 3. The SMILES string of the molecule is COCCN(CC(=O)O)C(=O)Cn1c(COc2ccccc2)nc2ccccc21. The fourth-order valence-electron chi connectivity index (χ4n) is 2.97. The van der Waals surface area contributed by atoms with Gasteiger partial charge in [0.15, 0.2) is 0 Å². The maximum atomic E-state index is 12.8. The van der Waals surface area contributed by atoms with Gasteiger partial charge in [-0.15, -0.1) is 0 Å². The van der Waals surface area contributed by atoms with Crippen LogP contribution in [0.5, 0.6) is 5.75 Å². The van der Waals surface area contributed by atoms with Gasteiger partial charge in [-0.1, -0.05) is 30.3 Å². The molecule has 0 saturated carbocycles. The Labute approximate surface area is 168 Å². The van der Waals surface area contributed by atoms with Crippen LogP contribution in [0.2, 0.25) is 0 Å². The van der Waals surface area contributed by atoms with Crippen molar-refractivity contribution < 1.29 is 24.2 Å². The third kappa shape index (κ3) is 5.32. The van der Waals surface area contributed by atoms with Gasteiger partial charge in [0.25, 0.3) is 0 Å². The number of amides is 1. The van der Waals surface area contributed by atoms with Crippen molar-refractivity contribution in [3.05, 3.63) is 60.4 Å². The number of carboxylic acid groups (broad SMARTS) is 1. The summed E-state index contributed by atoms with van der Waals surface area (Å²) in [6.45, 7) is 0.219. The Morgan fingerprint density at radius 3 is 2.55 bits per heavy atom. The van der Waals surface area contributed by atoms with Crippen LogP contribution in [0.1, 0.15) is 5.82 Å². The average molecular weight is 397 g/mol. The number of hydrogen-bond donors (Lipinski definition) is 1. The molecule has 0 radical (unpaired) electrons. The van der Waals surface area contributed by atoms with E-state index in [2.05, 4.69) is 4.98 Å². The number of ether oxygens (including phenoxy) is 2. The molecule has 0 aliphatic carbocycles. The molecule has 0 atom stereocenters. The molecule has 0 saturated heterocycles. The number of aromatic nitrogens is 2. The van der Waals surface area contributed by atoms with Gasteiger partial charge in [0.05, 0.1) is 17.6 Å². The summed E-state index contributed by atoms with van der Waals surface area (Å²) < 4.78 is 12.6. The van der Waals surface area contributed by atoms with E-state index in [0.717, 1.165) is 11.0 Å². The molecule has 0 aliphatic rings. The molecule has 0 bridgehead atoms. The number of methoxy groups -OCH3 is 1. The summed E-state index contributed by atoms with van der Waals surface area (Å²) in [5.41, 5.74) is 1.53. The third-order valence-electron chi connectivity index (χ3n) is 4.38. The van der Waals surface area contributed by atoms with Gasteiger partial charge >= 0.3 is 5.97 Å². The van der Waals surface area contributed by atoms with Gasteiger partial charge in [-0.3, -0.25) is 9.59 Å². The molecular weight excluding hydrogens is 374 g/mol. The van der Waals surface area contributed by atoms with E-state index in [1.54, 1.807) is 4.57 Å². The van der Waals surface area contributed by atoms with Crippen LogP contribution in [0, 0.1) is 0 Å². The van der Waals surface area contributed by atoms with Crippen LogP contribution in [-0.2, 0) is 27.5 Å². The number of aliphatic carboxylic acids is 1. The lowest BCUT2D eigenvalue weighted by Gasteiger charge is -2.21. The van der Waals surface area contributed by atoms with Crippen molar-refractivity contribution in [1.29, 1.82) is 0 Å². The second-order valence-electron chi connectivity index (χ2n) is 6.41. The minimum absolute atomic E-state index is 0.0367. The van der Waals surface area contributed by atoms with Crippen molar-refractivity contribution in [3.8, 4) is 5.75 Å². The molecule has 1 heterocycles. The van der Waals surface area contributed by atoms with E-state index in [0.29, 0.717) is 11.6 Å². The molecule has 3 aromatic rings. The zero-order valence-electron chi connectivity index (χ0n) is 16.2. The van der Waals surface area contributed by atoms with E-state index in [4.69, 9.17) is 14.6 Å². The first kappa shape index (κ1) is 20.3. The largest absolute Gasteiger partial charge is 0.486 e. The number of imidazole rings is 1. The summed E-state index contributed by atoms with van der Waals surface area (Å²) in [7, 11) is 1.51. The summed E-state index contributed by atoms with van der Waals surface area (Å²) in [5, 5.41) is 9.12. The molecule has 0 aliphatic heterocycles. The van der Waals surface area contributed by atoms with Crippen molar-refractivity contribution in [2.75, 3.05) is 26.8 Å². The Bertz CT molecular complexity index is 971. The number of carboxylic acids is 1. The van der Waals surface area contributed by atoms with Crippen LogP contribution in [-0.4, -0.2) is 58.2 Å². The number of carbonyl (C=O) groups is 2. The van der Waals surface area contributed by atoms with Crippen LogP contribution < -0.4 is 4.74 Å². The molecule has 0 fully saturated rings. The molecule has 8 heteroatoms. The van der Waals surface area contributed by atoms with Crippen LogP contribution >= 0.6 is 0 Å². The molecule has 1 aromatic heterocycles. The standard InChI is InChI=1S/C21H23N3O5/c1-28-12-11-23(14-21(26)27)20(25)13-24-18-10-6-5-9-17(18)22-19(24)15-29-16-7-3-2-4-8-16/h2-10H,11-15H2,1H3,(H,26,27). The minimum Gasteiger partial charge on any atom is -0.486 e. The van der Waals surface area contributed by atoms with E-state index < -0.39 is 5.97 Å². The maximum absolute atomic E-state index is 12.8. The summed E-state index contributed by atoms with van der Waals surface area (Å²) in [4.78, 5) is 29.8. The zero-order valence-corrected chi connectivity index (χ0v) is 16.2. The first-order chi connectivity index (χ1) is 14.1. The highest BCUT2D eigenvalue weighted by molar-refractivity contribution is 5.83. The van der Waals surface area contributed by atoms with Crippen molar-refractivity contribution in [2.24, 2.45) is 0 Å². The lowest BCUT2D eigenvalue weighted by atomic mass is 10.3. The van der Waals surface area contributed by atoms with Crippen LogP contribution in [0.3, 0.4) is 0 Å². The fourth-order valence-corrected chi connectivity index (χ4v) is 2.97. The second kappa shape index (κ2) is 9.70. The summed E-state index contributed by atoms with van der Waals surface area (Å²) in [6, 6.07) is 16.8. The van der Waals surface area contributed by atoms with Gasteiger partial charge in [-0.05, 0) is 24.3 Å². The highest BCUT2D eigenvalue weighted by atomic mass is 16.5. The molecule has 152 valence electrons. The average Bonchev–Trinajstić information content (AvgIpc) is 3.07. The van der Waals surface area contributed by atoms with Crippen LogP contribution in [0.25, 0.3) is 11.0 Å². The van der Waals surface area contributed by atoms with Crippen LogP contribution in [0.4, 0.5) is 0 Å². The molecule has 2 aromatic carbocycles. The number of fused-ring (bicyclic) bond motifs is 1. The normalized spacial score (nSPS) is 10.8. The fraction of sp³-hybridized carbons (Fsp3) is 0.286. The zero-order chi connectivity index (χ0) is 20.6.